The lowest BCUT2D eigenvalue weighted by Gasteiger charge is -2.34. The molecule has 5 nitrogen and oxygen atoms in total. The monoisotopic (exact) mass is 298 g/mol. The van der Waals surface area contributed by atoms with Crippen LogP contribution in [-0.2, 0) is 9.47 Å². The van der Waals surface area contributed by atoms with Crippen LogP contribution in [-0.4, -0.2) is 55.0 Å². The summed E-state index contributed by atoms with van der Waals surface area (Å²) in [5.41, 5.74) is -0.418. The van der Waals surface area contributed by atoms with Crippen molar-refractivity contribution in [3.8, 4) is 0 Å². The van der Waals surface area contributed by atoms with Crippen LogP contribution in [0.1, 0.15) is 47.0 Å². The van der Waals surface area contributed by atoms with E-state index < -0.39 is 5.60 Å². The predicted octanol–water partition coefficient (Wildman–Crippen LogP) is 2.40. The van der Waals surface area contributed by atoms with Gasteiger partial charge in [-0.05, 0) is 52.9 Å². The van der Waals surface area contributed by atoms with Crippen LogP contribution < -0.4 is 5.32 Å². The molecule has 2 fully saturated rings. The van der Waals surface area contributed by atoms with Crippen molar-refractivity contribution < 1.29 is 14.3 Å². The fourth-order valence-electron chi connectivity index (χ4n) is 3.04. The Morgan fingerprint density at radius 3 is 2.76 bits per heavy atom. The normalized spacial score (nSPS) is 30.5. The summed E-state index contributed by atoms with van der Waals surface area (Å²) in [6.07, 6.45) is 3.44. The number of nitrogens with zero attached hydrogens (tertiary/aromatic N) is 1. The SMILES string of the molecule is CC1OCCC1NCC1CCCN(C(=O)OC(C)(C)C)C1. The van der Waals surface area contributed by atoms with E-state index in [2.05, 4.69) is 12.2 Å². The summed E-state index contributed by atoms with van der Waals surface area (Å²) in [5.74, 6) is 0.513. The number of hydrogen-bond donors (Lipinski definition) is 1. The lowest BCUT2D eigenvalue weighted by atomic mass is 9.97. The molecule has 0 aromatic heterocycles. The molecule has 2 saturated heterocycles. The van der Waals surface area contributed by atoms with Crippen molar-refractivity contribution in [2.75, 3.05) is 26.2 Å². The van der Waals surface area contributed by atoms with E-state index in [-0.39, 0.29) is 6.09 Å². The van der Waals surface area contributed by atoms with Crippen LogP contribution in [0.5, 0.6) is 0 Å². The van der Waals surface area contributed by atoms with Crippen molar-refractivity contribution in [3.05, 3.63) is 0 Å². The maximum Gasteiger partial charge on any atom is 0.410 e. The van der Waals surface area contributed by atoms with Crippen molar-refractivity contribution in [3.63, 3.8) is 0 Å². The zero-order chi connectivity index (χ0) is 15.5. The minimum atomic E-state index is -0.418. The van der Waals surface area contributed by atoms with E-state index >= 15 is 0 Å². The van der Waals surface area contributed by atoms with Crippen molar-refractivity contribution in [2.45, 2.75) is 64.7 Å². The van der Waals surface area contributed by atoms with E-state index in [1.165, 1.54) is 6.42 Å². The van der Waals surface area contributed by atoms with Crippen molar-refractivity contribution >= 4 is 6.09 Å². The number of carbonyl (C=O) groups excluding carboxylic acids is 1. The zero-order valence-corrected chi connectivity index (χ0v) is 13.9. The highest BCUT2D eigenvalue weighted by Crippen LogP contribution is 2.20. The van der Waals surface area contributed by atoms with Gasteiger partial charge in [0, 0.05) is 32.3 Å². The molecule has 5 heteroatoms. The molecule has 1 amide bonds. The predicted molar refractivity (Wildman–Crippen MR) is 82.4 cm³/mol. The first-order valence-electron chi connectivity index (χ1n) is 8.18. The van der Waals surface area contributed by atoms with Gasteiger partial charge in [-0.25, -0.2) is 4.79 Å². The highest BCUT2D eigenvalue weighted by Gasteiger charge is 2.29. The highest BCUT2D eigenvalue weighted by atomic mass is 16.6. The van der Waals surface area contributed by atoms with Gasteiger partial charge in [-0.1, -0.05) is 0 Å². The molecule has 1 N–H and O–H groups in total. The Bertz CT molecular complexity index is 354. The fraction of sp³-hybridized carbons (Fsp3) is 0.938. The summed E-state index contributed by atoms with van der Waals surface area (Å²) in [5, 5.41) is 3.61. The van der Waals surface area contributed by atoms with Crippen LogP contribution in [0.15, 0.2) is 0 Å². The van der Waals surface area contributed by atoms with Crippen LogP contribution in [0.2, 0.25) is 0 Å². The van der Waals surface area contributed by atoms with Gasteiger partial charge < -0.3 is 19.7 Å². The molecule has 0 saturated carbocycles. The Morgan fingerprint density at radius 2 is 2.14 bits per heavy atom. The third kappa shape index (κ3) is 5.15. The molecular weight excluding hydrogens is 268 g/mol. The largest absolute Gasteiger partial charge is 0.444 e. The van der Waals surface area contributed by atoms with E-state index in [1.807, 2.05) is 25.7 Å². The first-order chi connectivity index (χ1) is 9.85. The van der Waals surface area contributed by atoms with E-state index in [9.17, 15) is 4.79 Å². The summed E-state index contributed by atoms with van der Waals surface area (Å²) in [7, 11) is 0. The Hall–Kier alpha value is -0.810. The van der Waals surface area contributed by atoms with E-state index in [0.717, 1.165) is 39.1 Å². The molecule has 3 unspecified atom stereocenters. The maximum absolute atomic E-state index is 12.1. The fourth-order valence-corrected chi connectivity index (χ4v) is 3.04. The Kier molecular flexibility index (Phi) is 5.49. The standard InChI is InChI=1S/C16H30N2O3/c1-12-14(7-9-20-12)17-10-13-6-5-8-18(11-13)15(19)21-16(2,3)4/h12-14,17H,5-11H2,1-4H3. The number of carbonyl (C=O) groups is 1. The summed E-state index contributed by atoms with van der Waals surface area (Å²) >= 11 is 0. The zero-order valence-electron chi connectivity index (χ0n) is 13.9. The summed E-state index contributed by atoms with van der Waals surface area (Å²) < 4.78 is 11.0. The lowest BCUT2D eigenvalue weighted by Crippen LogP contribution is -2.46. The van der Waals surface area contributed by atoms with Gasteiger partial charge in [-0.15, -0.1) is 0 Å². The molecule has 0 bridgehead atoms. The smallest absolute Gasteiger partial charge is 0.410 e. The maximum atomic E-state index is 12.1. The molecule has 2 aliphatic heterocycles. The number of piperidine rings is 1. The van der Waals surface area contributed by atoms with Gasteiger partial charge in [0.25, 0.3) is 0 Å². The summed E-state index contributed by atoms with van der Waals surface area (Å²) in [6.45, 7) is 11.3. The molecule has 2 rings (SSSR count). The molecule has 0 aromatic carbocycles. The molecule has 0 aromatic rings. The average Bonchev–Trinajstić information content (AvgIpc) is 2.80. The van der Waals surface area contributed by atoms with Gasteiger partial charge in [0.15, 0.2) is 0 Å². The highest BCUT2D eigenvalue weighted by molar-refractivity contribution is 5.68. The number of amides is 1. The van der Waals surface area contributed by atoms with Crippen molar-refractivity contribution in [1.82, 2.24) is 10.2 Å². The topological polar surface area (TPSA) is 50.8 Å². The van der Waals surface area contributed by atoms with Gasteiger partial charge >= 0.3 is 6.09 Å². The van der Waals surface area contributed by atoms with Gasteiger partial charge in [0.1, 0.15) is 5.60 Å². The Balaban J connectivity index is 1.76. The summed E-state index contributed by atoms with van der Waals surface area (Å²) in [6, 6.07) is 0.460. The first-order valence-corrected chi connectivity index (χ1v) is 8.18. The van der Waals surface area contributed by atoms with E-state index in [4.69, 9.17) is 9.47 Å². The van der Waals surface area contributed by atoms with Crippen LogP contribution in [0, 0.1) is 5.92 Å². The number of ether oxygens (including phenoxy) is 2. The third-order valence-electron chi connectivity index (χ3n) is 4.22. The van der Waals surface area contributed by atoms with Crippen LogP contribution in [0.25, 0.3) is 0 Å². The van der Waals surface area contributed by atoms with E-state index in [0.29, 0.717) is 18.1 Å². The second-order valence-electron chi connectivity index (χ2n) is 7.31. The van der Waals surface area contributed by atoms with Gasteiger partial charge in [0.2, 0.25) is 0 Å². The van der Waals surface area contributed by atoms with E-state index in [1.54, 1.807) is 0 Å². The van der Waals surface area contributed by atoms with Crippen molar-refractivity contribution in [1.29, 1.82) is 0 Å². The molecule has 2 heterocycles. The molecule has 0 radical (unpaired) electrons. The molecule has 0 spiro atoms. The second-order valence-corrected chi connectivity index (χ2v) is 7.31. The molecule has 21 heavy (non-hydrogen) atoms. The quantitative estimate of drug-likeness (QED) is 0.869. The van der Waals surface area contributed by atoms with Gasteiger partial charge in [0.05, 0.1) is 6.10 Å². The number of nitrogens with one attached hydrogen (secondary N) is 1. The van der Waals surface area contributed by atoms with Gasteiger partial charge in [-0.3, -0.25) is 0 Å². The van der Waals surface area contributed by atoms with Crippen LogP contribution in [0.4, 0.5) is 4.79 Å². The molecule has 2 aliphatic rings. The van der Waals surface area contributed by atoms with Crippen molar-refractivity contribution in [2.24, 2.45) is 5.92 Å². The molecule has 122 valence electrons. The Labute approximate surface area is 128 Å². The van der Waals surface area contributed by atoms with Crippen LogP contribution in [0.3, 0.4) is 0 Å². The summed E-state index contributed by atoms with van der Waals surface area (Å²) in [4.78, 5) is 14.0. The minimum Gasteiger partial charge on any atom is -0.444 e. The lowest BCUT2D eigenvalue weighted by molar-refractivity contribution is 0.0163. The second kappa shape index (κ2) is 6.97. The number of hydrogen-bond acceptors (Lipinski definition) is 4. The van der Waals surface area contributed by atoms with Crippen LogP contribution >= 0.6 is 0 Å². The molecule has 3 atom stereocenters. The number of likely N-dealkylation sites (tertiary alicyclic amines) is 1. The molecule has 0 aliphatic carbocycles. The number of rotatable bonds is 3. The Morgan fingerprint density at radius 1 is 1.38 bits per heavy atom. The third-order valence-corrected chi connectivity index (χ3v) is 4.22. The molecular formula is C16H30N2O3. The first kappa shape index (κ1) is 16.6. The average molecular weight is 298 g/mol. The minimum absolute atomic E-state index is 0.176. The van der Waals surface area contributed by atoms with Gasteiger partial charge in [-0.2, -0.15) is 0 Å².